The first-order valence-electron chi connectivity index (χ1n) is 9.10. The van der Waals surface area contributed by atoms with Crippen LogP contribution in [0.5, 0.6) is 0 Å². The molecule has 1 unspecified atom stereocenters. The van der Waals surface area contributed by atoms with Crippen LogP contribution in [0.25, 0.3) is 0 Å². The van der Waals surface area contributed by atoms with Crippen LogP contribution >= 0.6 is 11.3 Å². The molecule has 2 aromatic rings. The number of hydrogen-bond donors (Lipinski definition) is 1. The minimum Gasteiger partial charge on any atom is -0.365 e. The smallest absolute Gasteiger partial charge is 0.258 e. The van der Waals surface area contributed by atoms with E-state index in [0.717, 1.165) is 43.9 Å². The lowest BCUT2D eigenvalue weighted by atomic mass is 10.1. The molecule has 5 nitrogen and oxygen atoms in total. The first-order chi connectivity index (χ1) is 12.6. The number of nitrogens with zero attached hydrogens (tertiary/aromatic N) is 2. The van der Waals surface area contributed by atoms with E-state index in [2.05, 4.69) is 29.2 Å². The fourth-order valence-electron chi connectivity index (χ4n) is 3.98. The van der Waals surface area contributed by atoms with Crippen LogP contribution in [0.1, 0.15) is 51.0 Å². The highest BCUT2D eigenvalue weighted by molar-refractivity contribution is 7.14. The van der Waals surface area contributed by atoms with Gasteiger partial charge in [0.1, 0.15) is 0 Å². The summed E-state index contributed by atoms with van der Waals surface area (Å²) in [5.74, 6) is -0.191. The summed E-state index contributed by atoms with van der Waals surface area (Å²) in [5, 5.41) is 0. The Balaban J connectivity index is 1.36. The summed E-state index contributed by atoms with van der Waals surface area (Å²) < 4.78 is 0. The van der Waals surface area contributed by atoms with Crippen molar-refractivity contribution in [2.24, 2.45) is 5.73 Å². The summed E-state index contributed by atoms with van der Waals surface area (Å²) in [4.78, 5) is 30.1. The molecule has 0 spiro atoms. The molecule has 6 heteroatoms. The Hall–Kier alpha value is -2.18. The molecule has 1 aromatic carbocycles. The number of carbonyl (C=O) groups is 2. The molecule has 1 aromatic heterocycles. The molecule has 136 valence electrons. The molecule has 1 saturated heterocycles. The molecule has 0 bridgehead atoms. The SMILES string of the molecule is NC(=O)c1ccc(C2CCCN2C(=O)CCN2Cc3ccccc3C2)s1. The number of amides is 2. The summed E-state index contributed by atoms with van der Waals surface area (Å²) in [6.45, 7) is 3.45. The van der Waals surface area contributed by atoms with E-state index in [4.69, 9.17) is 5.73 Å². The third-order valence-electron chi connectivity index (χ3n) is 5.32. The van der Waals surface area contributed by atoms with Gasteiger partial charge in [-0.3, -0.25) is 14.5 Å². The van der Waals surface area contributed by atoms with E-state index >= 15 is 0 Å². The molecule has 2 amide bonds. The van der Waals surface area contributed by atoms with Crippen molar-refractivity contribution in [2.45, 2.75) is 38.4 Å². The Morgan fingerprint density at radius 1 is 1.12 bits per heavy atom. The maximum atomic E-state index is 12.8. The zero-order valence-corrected chi connectivity index (χ0v) is 15.5. The summed E-state index contributed by atoms with van der Waals surface area (Å²) in [7, 11) is 0. The maximum Gasteiger partial charge on any atom is 0.258 e. The number of nitrogens with two attached hydrogens (primary N) is 1. The molecule has 2 aliphatic rings. The van der Waals surface area contributed by atoms with Gasteiger partial charge in [-0.1, -0.05) is 24.3 Å². The van der Waals surface area contributed by atoms with Gasteiger partial charge in [-0.2, -0.15) is 0 Å². The van der Waals surface area contributed by atoms with Crippen molar-refractivity contribution in [1.29, 1.82) is 0 Å². The van der Waals surface area contributed by atoms with Gasteiger partial charge in [0.05, 0.1) is 10.9 Å². The number of fused-ring (bicyclic) bond motifs is 1. The molecule has 4 rings (SSSR count). The minimum absolute atomic E-state index is 0.0939. The fourth-order valence-corrected chi connectivity index (χ4v) is 4.99. The summed E-state index contributed by atoms with van der Waals surface area (Å²) >= 11 is 1.42. The molecule has 26 heavy (non-hydrogen) atoms. The second-order valence-electron chi connectivity index (χ2n) is 7.04. The number of likely N-dealkylation sites (tertiary alicyclic amines) is 1. The highest BCUT2D eigenvalue weighted by Gasteiger charge is 2.31. The molecule has 0 saturated carbocycles. The average molecular weight is 369 g/mol. The summed E-state index contributed by atoms with van der Waals surface area (Å²) in [6.07, 6.45) is 2.51. The molecule has 2 N–H and O–H groups in total. The second kappa shape index (κ2) is 7.21. The Bertz CT molecular complexity index is 807. The normalized spacial score (nSPS) is 19.7. The van der Waals surface area contributed by atoms with E-state index < -0.39 is 5.91 Å². The molecule has 0 aliphatic carbocycles. The van der Waals surface area contributed by atoms with E-state index in [9.17, 15) is 9.59 Å². The van der Waals surface area contributed by atoms with E-state index in [1.54, 1.807) is 6.07 Å². The molecular weight excluding hydrogens is 346 g/mol. The minimum atomic E-state index is -0.397. The predicted molar refractivity (Wildman–Crippen MR) is 102 cm³/mol. The van der Waals surface area contributed by atoms with Gasteiger partial charge in [0.25, 0.3) is 5.91 Å². The van der Waals surface area contributed by atoms with E-state index in [-0.39, 0.29) is 11.9 Å². The Labute approximate surface area is 157 Å². The van der Waals surface area contributed by atoms with Crippen LogP contribution in [0.2, 0.25) is 0 Å². The van der Waals surface area contributed by atoms with Gasteiger partial charge in [-0.25, -0.2) is 0 Å². The summed E-state index contributed by atoms with van der Waals surface area (Å²) in [5.41, 5.74) is 8.10. The highest BCUT2D eigenvalue weighted by Crippen LogP contribution is 2.36. The number of rotatable bonds is 5. The topological polar surface area (TPSA) is 66.6 Å². The second-order valence-corrected chi connectivity index (χ2v) is 8.16. The Morgan fingerprint density at radius 3 is 2.50 bits per heavy atom. The third kappa shape index (κ3) is 3.39. The van der Waals surface area contributed by atoms with Crippen molar-refractivity contribution in [3.8, 4) is 0 Å². The number of hydrogen-bond acceptors (Lipinski definition) is 4. The van der Waals surface area contributed by atoms with Crippen LogP contribution in [0.3, 0.4) is 0 Å². The van der Waals surface area contributed by atoms with Crippen molar-refractivity contribution in [1.82, 2.24) is 9.80 Å². The van der Waals surface area contributed by atoms with Crippen molar-refractivity contribution in [3.05, 3.63) is 57.3 Å². The van der Waals surface area contributed by atoms with Crippen molar-refractivity contribution < 1.29 is 9.59 Å². The van der Waals surface area contributed by atoms with Gasteiger partial charge in [0, 0.05) is 37.5 Å². The number of thiophene rings is 1. The molecule has 1 atom stereocenters. The van der Waals surface area contributed by atoms with E-state index in [0.29, 0.717) is 11.3 Å². The zero-order valence-electron chi connectivity index (χ0n) is 14.7. The predicted octanol–water partition coefficient (Wildman–Crippen LogP) is 2.92. The van der Waals surface area contributed by atoms with Crippen LogP contribution in [0.15, 0.2) is 36.4 Å². The number of carbonyl (C=O) groups excluding carboxylic acids is 2. The van der Waals surface area contributed by atoms with Crippen LogP contribution in [-0.4, -0.2) is 34.7 Å². The lowest BCUT2D eigenvalue weighted by Crippen LogP contribution is -2.32. The lowest BCUT2D eigenvalue weighted by Gasteiger charge is -2.25. The lowest BCUT2D eigenvalue weighted by molar-refractivity contribution is -0.132. The average Bonchev–Trinajstić information content (AvgIpc) is 3.37. The zero-order chi connectivity index (χ0) is 18.1. The quantitative estimate of drug-likeness (QED) is 0.881. The molecule has 2 aliphatic heterocycles. The van der Waals surface area contributed by atoms with Gasteiger partial charge in [-0.15, -0.1) is 11.3 Å². The monoisotopic (exact) mass is 369 g/mol. The van der Waals surface area contributed by atoms with Gasteiger partial charge in [-0.05, 0) is 36.1 Å². The van der Waals surface area contributed by atoms with E-state index in [1.807, 2.05) is 11.0 Å². The van der Waals surface area contributed by atoms with Crippen LogP contribution in [0, 0.1) is 0 Å². The van der Waals surface area contributed by atoms with Crippen molar-refractivity contribution >= 4 is 23.2 Å². The molecule has 1 fully saturated rings. The third-order valence-corrected chi connectivity index (χ3v) is 6.52. The highest BCUT2D eigenvalue weighted by atomic mass is 32.1. The standard InChI is InChI=1S/C20H23N3O2S/c21-20(25)18-8-7-17(26-18)16-6-3-10-23(16)19(24)9-11-22-12-14-4-1-2-5-15(14)13-22/h1-2,4-5,7-8,16H,3,6,9-13H2,(H2,21,25). The van der Waals surface area contributed by atoms with Gasteiger partial charge >= 0.3 is 0 Å². The van der Waals surface area contributed by atoms with Gasteiger partial charge in [0.2, 0.25) is 5.91 Å². The van der Waals surface area contributed by atoms with Gasteiger partial charge in [0.15, 0.2) is 0 Å². The van der Waals surface area contributed by atoms with Gasteiger partial charge < -0.3 is 10.6 Å². The van der Waals surface area contributed by atoms with Crippen molar-refractivity contribution in [2.75, 3.05) is 13.1 Å². The fraction of sp³-hybridized carbons (Fsp3) is 0.400. The number of primary amides is 1. The van der Waals surface area contributed by atoms with E-state index in [1.165, 1.54) is 22.5 Å². The Kier molecular flexibility index (Phi) is 4.78. The Morgan fingerprint density at radius 2 is 1.85 bits per heavy atom. The molecule has 0 radical (unpaired) electrons. The van der Waals surface area contributed by atoms with Crippen LogP contribution in [-0.2, 0) is 17.9 Å². The largest absolute Gasteiger partial charge is 0.365 e. The summed E-state index contributed by atoms with van der Waals surface area (Å²) in [6, 6.07) is 12.3. The maximum absolute atomic E-state index is 12.8. The first kappa shape index (κ1) is 17.2. The number of benzene rings is 1. The van der Waals surface area contributed by atoms with Crippen molar-refractivity contribution in [3.63, 3.8) is 0 Å². The van der Waals surface area contributed by atoms with Crippen LogP contribution < -0.4 is 5.73 Å². The van der Waals surface area contributed by atoms with Crippen LogP contribution in [0.4, 0.5) is 0 Å². The molecular formula is C20H23N3O2S. The molecule has 3 heterocycles. The first-order valence-corrected chi connectivity index (χ1v) is 9.91.